The molecule has 26 heavy (non-hydrogen) atoms. The van der Waals surface area contributed by atoms with E-state index in [0.29, 0.717) is 12.1 Å². The van der Waals surface area contributed by atoms with Gasteiger partial charge in [-0.25, -0.2) is 0 Å². The molecule has 0 spiro atoms. The predicted molar refractivity (Wildman–Crippen MR) is 101 cm³/mol. The van der Waals surface area contributed by atoms with E-state index in [1.54, 1.807) is 13.2 Å². The van der Waals surface area contributed by atoms with E-state index in [1.165, 1.54) is 16.0 Å². The Bertz CT molecular complexity index is 755. The summed E-state index contributed by atoms with van der Waals surface area (Å²) in [4.78, 5) is 14.0. The zero-order valence-corrected chi connectivity index (χ0v) is 15.5. The molecule has 0 aliphatic carbocycles. The van der Waals surface area contributed by atoms with E-state index in [4.69, 9.17) is 9.47 Å². The zero-order valence-electron chi connectivity index (χ0n) is 15.5. The number of amides is 1. The van der Waals surface area contributed by atoms with Gasteiger partial charge in [-0.15, -0.1) is 0 Å². The Balaban J connectivity index is 1.64. The molecular weight excluding hydrogens is 328 g/mol. The molecule has 138 valence electrons. The van der Waals surface area contributed by atoms with Crippen LogP contribution in [0.2, 0.25) is 0 Å². The highest BCUT2D eigenvalue weighted by molar-refractivity contribution is 5.94. The number of quaternary nitrogens is 1. The SMILES string of the molecule is COc1cc(C(=O)NCc2ccccc2C[NH+]2CCOCC2)ccc1C. The third-order valence-corrected chi connectivity index (χ3v) is 4.87. The second-order valence-electron chi connectivity index (χ2n) is 6.67. The van der Waals surface area contributed by atoms with Crippen LogP contribution in [0.5, 0.6) is 5.75 Å². The molecular formula is C21H27N2O3+. The first-order valence-corrected chi connectivity index (χ1v) is 9.08. The summed E-state index contributed by atoms with van der Waals surface area (Å²) in [6, 6.07) is 13.8. The molecule has 1 amide bonds. The van der Waals surface area contributed by atoms with E-state index in [9.17, 15) is 4.79 Å². The minimum atomic E-state index is -0.0863. The zero-order chi connectivity index (χ0) is 18.4. The van der Waals surface area contributed by atoms with Crippen molar-refractivity contribution >= 4 is 5.91 Å². The molecule has 2 aromatic rings. The highest BCUT2D eigenvalue weighted by Gasteiger charge is 2.16. The fourth-order valence-electron chi connectivity index (χ4n) is 3.25. The Kier molecular flexibility index (Phi) is 6.26. The number of morpholine rings is 1. The summed E-state index contributed by atoms with van der Waals surface area (Å²) >= 11 is 0. The quantitative estimate of drug-likeness (QED) is 0.822. The molecule has 2 N–H and O–H groups in total. The first-order chi connectivity index (χ1) is 12.7. The number of carbonyl (C=O) groups excluding carboxylic acids is 1. The average molecular weight is 355 g/mol. The number of carbonyl (C=O) groups is 1. The Labute approximate surface area is 154 Å². The Morgan fingerprint density at radius 1 is 1.15 bits per heavy atom. The molecule has 0 radical (unpaired) electrons. The van der Waals surface area contributed by atoms with E-state index in [2.05, 4.69) is 23.5 Å². The Morgan fingerprint density at radius 2 is 1.88 bits per heavy atom. The van der Waals surface area contributed by atoms with Gasteiger partial charge in [0.05, 0.1) is 20.3 Å². The van der Waals surface area contributed by atoms with Crippen LogP contribution in [-0.2, 0) is 17.8 Å². The van der Waals surface area contributed by atoms with Gasteiger partial charge in [-0.1, -0.05) is 30.3 Å². The molecule has 1 aliphatic heterocycles. The Hall–Kier alpha value is -2.37. The van der Waals surface area contributed by atoms with Crippen molar-refractivity contribution in [3.05, 3.63) is 64.7 Å². The van der Waals surface area contributed by atoms with E-state index >= 15 is 0 Å². The third kappa shape index (κ3) is 4.62. The maximum absolute atomic E-state index is 12.5. The van der Waals surface area contributed by atoms with Gasteiger partial charge in [-0.2, -0.15) is 0 Å². The van der Waals surface area contributed by atoms with Crippen molar-refractivity contribution in [3.63, 3.8) is 0 Å². The van der Waals surface area contributed by atoms with Crippen LogP contribution < -0.4 is 15.0 Å². The number of methoxy groups -OCH3 is 1. The van der Waals surface area contributed by atoms with Crippen molar-refractivity contribution in [1.29, 1.82) is 0 Å². The standard InChI is InChI=1S/C21H26N2O3/c1-16-7-8-17(13-20(16)25-2)21(24)22-14-18-5-3-4-6-19(18)15-23-9-11-26-12-10-23/h3-8,13H,9-12,14-15H2,1-2H3,(H,22,24)/p+1. The fraction of sp³-hybridized carbons (Fsp3) is 0.381. The van der Waals surface area contributed by atoms with Crippen molar-refractivity contribution in [2.75, 3.05) is 33.4 Å². The van der Waals surface area contributed by atoms with Crippen molar-refractivity contribution in [2.45, 2.75) is 20.0 Å². The van der Waals surface area contributed by atoms with E-state index in [-0.39, 0.29) is 5.91 Å². The number of aryl methyl sites for hydroxylation is 1. The molecule has 0 unspecified atom stereocenters. The molecule has 1 aliphatic rings. The molecule has 5 nitrogen and oxygen atoms in total. The maximum atomic E-state index is 12.5. The number of nitrogens with one attached hydrogen (secondary N) is 2. The lowest BCUT2D eigenvalue weighted by Crippen LogP contribution is -3.12. The largest absolute Gasteiger partial charge is 0.496 e. The third-order valence-electron chi connectivity index (χ3n) is 4.87. The van der Waals surface area contributed by atoms with Crippen LogP contribution in [0.25, 0.3) is 0 Å². The van der Waals surface area contributed by atoms with Crippen LogP contribution in [-0.4, -0.2) is 39.3 Å². The van der Waals surface area contributed by atoms with Gasteiger partial charge in [0, 0.05) is 17.7 Å². The number of rotatable bonds is 6. The summed E-state index contributed by atoms with van der Waals surface area (Å²) in [5.74, 6) is 0.644. The highest BCUT2D eigenvalue weighted by atomic mass is 16.5. The maximum Gasteiger partial charge on any atom is 0.251 e. The average Bonchev–Trinajstić information content (AvgIpc) is 2.68. The topological polar surface area (TPSA) is 52.0 Å². The minimum Gasteiger partial charge on any atom is -0.496 e. The first-order valence-electron chi connectivity index (χ1n) is 9.08. The smallest absolute Gasteiger partial charge is 0.251 e. The molecule has 0 atom stereocenters. The van der Waals surface area contributed by atoms with E-state index < -0.39 is 0 Å². The van der Waals surface area contributed by atoms with Gasteiger partial charge >= 0.3 is 0 Å². The lowest BCUT2D eigenvalue weighted by molar-refractivity contribution is -0.921. The van der Waals surface area contributed by atoms with Gasteiger partial charge in [0.25, 0.3) is 5.91 Å². The summed E-state index contributed by atoms with van der Waals surface area (Å²) in [5.41, 5.74) is 4.08. The molecule has 0 saturated carbocycles. The molecule has 1 heterocycles. The molecule has 1 saturated heterocycles. The van der Waals surface area contributed by atoms with Crippen LogP contribution in [0.4, 0.5) is 0 Å². The van der Waals surface area contributed by atoms with E-state index in [1.807, 2.05) is 25.1 Å². The molecule has 0 aromatic heterocycles. The predicted octanol–water partition coefficient (Wildman–Crippen LogP) is 1.35. The number of hydrogen-bond acceptors (Lipinski definition) is 3. The van der Waals surface area contributed by atoms with Crippen molar-refractivity contribution in [2.24, 2.45) is 0 Å². The lowest BCUT2D eigenvalue weighted by Gasteiger charge is -2.24. The monoisotopic (exact) mass is 355 g/mol. The van der Waals surface area contributed by atoms with Crippen molar-refractivity contribution in [1.82, 2.24) is 5.32 Å². The van der Waals surface area contributed by atoms with Crippen LogP contribution in [0, 0.1) is 6.92 Å². The summed E-state index contributed by atoms with van der Waals surface area (Å²) in [7, 11) is 1.62. The molecule has 2 aromatic carbocycles. The second-order valence-corrected chi connectivity index (χ2v) is 6.67. The number of hydrogen-bond donors (Lipinski definition) is 2. The summed E-state index contributed by atoms with van der Waals surface area (Å²) in [6.07, 6.45) is 0. The normalized spacial score (nSPS) is 14.8. The van der Waals surface area contributed by atoms with Gasteiger partial charge in [-0.3, -0.25) is 4.79 Å². The summed E-state index contributed by atoms with van der Waals surface area (Å²) < 4.78 is 10.7. The lowest BCUT2D eigenvalue weighted by atomic mass is 10.1. The summed E-state index contributed by atoms with van der Waals surface area (Å²) in [5, 5.41) is 3.04. The van der Waals surface area contributed by atoms with Gasteiger partial charge < -0.3 is 19.7 Å². The molecule has 3 rings (SSSR count). The first kappa shape index (κ1) is 18.4. The number of ether oxygens (including phenoxy) is 2. The van der Waals surface area contributed by atoms with Gasteiger partial charge in [0.15, 0.2) is 0 Å². The minimum absolute atomic E-state index is 0.0863. The fourth-order valence-corrected chi connectivity index (χ4v) is 3.25. The molecule has 1 fully saturated rings. The van der Waals surface area contributed by atoms with Crippen molar-refractivity contribution in [3.8, 4) is 5.75 Å². The van der Waals surface area contributed by atoms with Gasteiger partial charge in [0.1, 0.15) is 25.4 Å². The van der Waals surface area contributed by atoms with Gasteiger partial charge in [0.2, 0.25) is 0 Å². The molecule has 0 bridgehead atoms. The number of benzene rings is 2. The Morgan fingerprint density at radius 3 is 2.62 bits per heavy atom. The summed E-state index contributed by atoms with van der Waals surface area (Å²) in [6.45, 7) is 7.16. The van der Waals surface area contributed by atoms with Crippen LogP contribution in [0.15, 0.2) is 42.5 Å². The second kappa shape index (κ2) is 8.83. The molecule has 5 heteroatoms. The van der Waals surface area contributed by atoms with Crippen LogP contribution >= 0.6 is 0 Å². The van der Waals surface area contributed by atoms with E-state index in [0.717, 1.165) is 44.2 Å². The van der Waals surface area contributed by atoms with Crippen molar-refractivity contribution < 1.29 is 19.2 Å². The van der Waals surface area contributed by atoms with Crippen LogP contribution in [0.3, 0.4) is 0 Å². The highest BCUT2D eigenvalue weighted by Crippen LogP contribution is 2.19. The van der Waals surface area contributed by atoms with Crippen LogP contribution in [0.1, 0.15) is 27.0 Å². The van der Waals surface area contributed by atoms with Gasteiger partial charge in [-0.05, 0) is 30.2 Å².